The van der Waals surface area contributed by atoms with Gasteiger partial charge in [0, 0.05) is 0 Å². The Hall–Kier alpha value is -2.09. The zero-order chi connectivity index (χ0) is 9.68. The third-order valence-corrected chi connectivity index (χ3v) is 1.31. The number of nitrogens with zero attached hydrogens (tertiary/aromatic N) is 2. The lowest BCUT2D eigenvalue weighted by Gasteiger charge is -2.01. The molecule has 0 atom stereocenters. The number of primary amides is 1. The van der Waals surface area contributed by atoms with Crippen LogP contribution in [0.4, 0.5) is 5.82 Å². The average molecular weight is 176 g/mol. The Balaban J connectivity index is 2.68. The van der Waals surface area contributed by atoms with Gasteiger partial charge in [0.05, 0.1) is 6.54 Å². The maximum atomic E-state index is 10.4. The van der Waals surface area contributed by atoms with Crippen molar-refractivity contribution in [1.29, 1.82) is 5.26 Å². The summed E-state index contributed by atoms with van der Waals surface area (Å²) in [6.45, 7) is 0.0158. The fourth-order valence-corrected chi connectivity index (χ4v) is 0.773. The number of nitrogens with one attached hydrogen (secondary N) is 1. The van der Waals surface area contributed by atoms with E-state index in [-0.39, 0.29) is 6.54 Å². The van der Waals surface area contributed by atoms with Crippen LogP contribution >= 0.6 is 0 Å². The van der Waals surface area contributed by atoms with E-state index in [4.69, 9.17) is 11.0 Å². The van der Waals surface area contributed by atoms with Crippen LogP contribution in [0.25, 0.3) is 0 Å². The first-order chi connectivity index (χ1) is 6.22. The van der Waals surface area contributed by atoms with Gasteiger partial charge in [-0.05, 0) is 12.1 Å². The van der Waals surface area contributed by atoms with E-state index in [1.54, 1.807) is 18.2 Å². The van der Waals surface area contributed by atoms with Crippen molar-refractivity contribution in [3.8, 4) is 6.07 Å². The van der Waals surface area contributed by atoms with E-state index in [2.05, 4.69) is 10.3 Å². The van der Waals surface area contributed by atoms with Crippen LogP contribution in [0, 0.1) is 11.3 Å². The molecule has 0 bridgehead atoms. The minimum absolute atomic E-state index is 0.0158. The van der Waals surface area contributed by atoms with Gasteiger partial charge in [-0.15, -0.1) is 0 Å². The van der Waals surface area contributed by atoms with Gasteiger partial charge in [0.2, 0.25) is 5.91 Å². The Morgan fingerprint density at radius 1 is 1.69 bits per heavy atom. The molecular formula is C8H8N4O. The van der Waals surface area contributed by atoms with Crippen LogP contribution in [0.5, 0.6) is 0 Å². The molecule has 1 heterocycles. The first-order valence-electron chi connectivity index (χ1n) is 3.61. The lowest BCUT2D eigenvalue weighted by atomic mass is 10.3. The largest absolute Gasteiger partial charge is 0.368 e. The Kier molecular flexibility index (Phi) is 2.82. The number of nitriles is 1. The Labute approximate surface area is 75.2 Å². The normalized spacial score (nSPS) is 8.85. The third kappa shape index (κ3) is 2.79. The Bertz CT molecular complexity index is 355. The van der Waals surface area contributed by atoms with Crippen molar-refractivity contribution >= 4 is 11.7 Å². The quantitative estimate of drug-likeness (QED) is 0.669. The van der Waals surface area contributed by atoms with E-state index >= 15 is 0 Å². The second kappa shape index (κ2) is 4.07. The van der Waals surface area contributed by atoms with E-state index in [1.807, 2.05) is 6.07 Å². The number of amides is 1. The molecule has 0 aliphatic carbocycles. The summed E-state index contributed by atoms with van der Waals surface area (Å²) in [5, 5.41) is 11.2. The molecule has 0 fully saturated rings. The van der Waals surface area contributed by atoms with Crippen molar-refractivity contribution in [2.75, 3.05) is 11.9 Å². The van der Waals surface area contributed by atoms with Gasteiger partial charge in [0.25, 0.3) is 0 Å². The van der Waals surface area contributed by atoms with Gasteiger partial charge in [0.1, 0.15) is 17.6 Å². The van der Waals surface area contributed by atoms with Crippen molar-refractivity contribution in [2.45, 2.75) is 0 Å². The molecule has 1 amide bonds. The van der Waals surface area contributed by atoms with Gasteiger partial charge in [-0.3, -0.25) is 4.79 Å². The molecular weight excluding hydrogens is 168 g/mol. The molecule has 0 saturated carbocycles. The van der Waals surface area contributed by atoms with Crippen LogP contribution in [0.2, 0.25) is 0 Å². The average Bonchev–Trinajstić information content (AvgIpc) is 2.15. The molecule has 0 aliphatic heterocycles. The molecule has 5 heteroatoms. The minimum Gasteiger partial charge on any atom is -0.368 e. The number of aromatic nitrogens is 1. The van der Waals surface area contributed by atoms with Crippen LogP contribution in [0.3, 0.4) is 0 Å². The van der Waals surface area contributed by atoms with Gasteiger partial charge in [-0.1, -0.05) is 6.07 Å². The highest BCUT2D eigenvalue weighted by Crippen LogP contribution is 2.02. The lowest BCUT2D eigenvalue weighted by molar-refractivity contribution is -0.116. The highest BCUT2D eigenvalue weighted by molar-refractivity contribution is 5.78. The molecule has 0 saturated heterocycles. The Morgan fingerprint density at radius 2 is 2.46 bits per heavy atom. The number of anilines is 1. The lowest BCUT2D eigenvalue weighted by Crippen LogP contribution is -2.22. The summed E-state index contributed by atoms with van der Waals surface area (Å²) in [6.07, 6.45) is 0. The van der Waals surface area contributed by atoms with Crippen molar-refractivity contribution in [3.63, 3.8) is 0 Å². The van der Waals surface area contributed by atoms with Crippen LogP contribution in [0.1, 0.15) is 5.69 Å². The molecule has 13 heavy (non-hydrogen) atoms. The Morgan fingerprint density at radius 3 is 3.08 bits per heavy atom. The molecule has 0 aromatic carbocycles. The van der Waals surface area contributed by atoms with E-state index in [1.165, 1.54) is 0 Å². The summed E-state index contributed by atoms with van der Waals surface area (Å²) in [4.78, 5) is 14.3. The van der Waals surface area contributed by atoms with Gasteiger partial charge in [0.15, 0.2) is 0 Å². The van der Waals surface area contributed by atoms with Gasteiger partial charge in [-0.2, -0.15) is 5.26 Å². The molecule has 0 unspecified atom stereocenters. The summed E-state index contributed by atoms with van der Waals surface area (Å²) in [7, 11) is 0. The molecule has 1 aromatic rings. The van der Waals surface area contributed by atoms with Crippen LogP contribution in [0.15, 0.2) is 18.2 Å². The third-order valence-electron chi connectivity index (χ3n) is 1.31. The smallest absolute Gasteiger partial charge is 0.236 e. The molecule has 1 rings (SSSR count). The standard InChI is InChI=1S/C8H8N4O/c9-4-6-2-1-3-8(12-6)11-5-7(10)13/h1-3H,5H2,(H2,10,13)(H,11,12). The summed E-state index contributed by atoms with van der Waals surface area (Å²) >= 11 is 0. The van der Waals surface area contributed by atoms with Crippen LogP contribution in [-0.2, 0) is 4.79 Å². The minimum atomic E-state index is -0.468. The maximum absolute atomic E-state index is 10.4. The summed E-state index contributed by atoms with van der Waals surface area (Å²) in [5.74, 6) is 0.00186. The van der Waals surface area contributed by atoms with E-state index in [0.29, 0.717) is 11.5 Å². The van der Waals surface area contributed by atoms with Gasteiger partial charge < -0.3 is 11.1 Å². The highest BCUT2D eigenvalue weighted by atomic mass is 16.1. The SMILES string of the molecule is N#Cc1cccc(NCC(N)=O)n1. The van der Waals surface area contributed by atoms with Crippen molar-refractivity contribution < 1.29 is 4.79 Å². The zero-order valence-electron chi connectivity index (χ0n) is 6.82. The van der Waals surface area contributed by atoms with E-state index in [9.17, 15) is 4.79 Å². The monoisotopic (exact) mass is 176 g/mol. The number of pyridine rings is 1. The van der Waals surface area contributed by atoms with Gasteiger partial charge in [-0.25, -0.2) is 4.98 Å². The van der Waals surface area contributed by atoms with E-state index < -0.39 is 5.91 Å². The topological polar surface area (TPSA) is 91.8 Å². The molecule has 5 nitrogen and oxygen atoms in total. The van der Waals surface area contributed by atoms with Crippen LogP contribution in [-0.4, -0.2) is 17.4 Å². The second-order valence-electron chi connectivity index (χ2n) is 2.34. The second-order valence-corrected chi connectivity index (χ2v) is 2.34. The number of hydrogen-bond acceptors (Lipinski definition) is 4. The first kappa shape index (κ1) is 9.00. The van der Waals surface area contributed by atoms with Crippen LogP contribution < -0.4 is 11.1 Å². The maximum Gasteiger partial charge on any atom is 0.236 e. The number of carbonyl (C=O) groups is 1. The fraction of sp³-hybridized carbons (Fsp3) is 0.125. The first-order valence-corrected chi connectivity index (χ1v) is 3.61. The molecule has 0 radical (unpaired) electrons. The van der Waals surface area contributed by atoms with Crippen molar-refractivity contribution in [1.82, 2.24) is 4.98 Å². The highest BCUT2D eigenvalue weighted by Gasteiger charge is 1.97. The predicted molar refractivity (Wildman–Crippen MR) is 46.6 cm³/mol. The zero-order valence-corrected chi connectivity index (χ0v) is 6.82. The molecule has 66 valence electrons. The van der Waals surface area contributed by atoms with Crippen molar-refractivity contribution in [3.05, 3.63) is 23.9 Å². The number of nitrogens with two attached hydrogens (primary N) is 1. The fourth-order valence-electron chi connectivity index (χ4n) is 0.773. The molecule has 0 aliphatic rings. The van der Waals surface area contributed by atoms with E-state index in [0.717, 1.165) is 0 Å². The van der Waals surface area contributed by atoms with Crippen molar-refractivity contribution in [2.24, 2.45) is 5.73 Å². The summed E-state index contributed by atoms with van der Waals surface area (Å²) in [5.41, 5.74) is 5.22. The number of hydrogen-bond donors (Lipinski definition) is 2. The number of rotatable bonds is 3. The predicted octanol–water partition coefficient (Wildman–Crippen LogP) is -0.150. The number of carbonyl (C=O) groups excluding carboxylic acids is 1. The molecule has 3 N–H and O–H groups in total. The summed E-state index contributed by atoms with van der Waals surface area (Å²) in [6, 6.07) is 6.80. The molecule has 1 aromatic heterocycles. The summed E-state index contributed by atoms with van der Waals surface area (Å²) < 4.78 is 0. The molecule has 0 spiro atoms. The van der Waals surface area contributed by atoms with Gasteiger partial charge >= 0.3 is 0 Å².